The van der Waals surface area contributed by atoms with Gasteiger partial charge in [0.05, 0.1) is 12.3 Å². The quantitative estimate of drug-likeness (QED) is 0.798. The van der Waals surface area contributed by atoms with E-state index >= 15 is 0 Å². The zero-order chi connectivity index (χ0) is 15.6. The lowest BCUT2D eigenvalue weighted by molar-refractivity contribution is 0.0515. The van der Waals surface area contributed by atoms with Crippen LogP contribution in [0.25, 0.3) is 5.69 Å². The van der Waals surface area contributed by atoms with Gasteiger partial charge < -0.3 is 4.74 Å². The first-order valence-corrected chi connectivity index (χ1v) is 7.27. The molecule has 6 heteroatoms. The fraction of sp³-hybridized carbons (Fsp3) is 0.267. The van der Waals surface area contributed by atoms with E-state index in [-0.39, 0.29) is 12.3 Å². The number of esters is 1. The Bertz CT molecular complexity index is 730. The third kappa shape index (κ3) is 3.21. The lowest BCUT2D eigenvalue weighted by Gasteiger charge is -2.12. The third-order valence-corrected chi connectivity index (χ3v) is 3.51. The van der Waals surface area contributed by atoms with Crippen molar-refractivity contribution in [3.63, 3.8) is 0 Å². The molecule has 0 amide bonds. The van der Waals surface area contributed by atoms with Crippen LogP contribution in [0.2, 0.25) is 0 Å². The summed E-state index contributed by atoms with van der Waals surface area (Å²) in [5.41, 5.74) is 2.20. The number of aromatic nitrogens is 2. The van der Waals surface area contributed by atoms with Crippen molar-refractivity contribution in [2.75, 3.05) is 6.61 Å². The van der Waals surface area contributed by atoms with Crippen LogP contribution in [0.3, 0.4) is 0 Å². The topological polar surface area (TPSA) is 61.2 Å². The van der Waals surface area contributed by atoms with E-state index in [0.717, 1.165) is 21.3 Å². The SMILES string of the molecule is CCOC(=O)c1nn(-c2c(C)cc(C)cc2Br)ccc1=O. The van der Waals surface area contributed by atoms with Gasteiger partial charge in [0, 0.05) is 16.7 Å². The molecule has 0 aliphatic rings. The minimum Gasteiger partial charge on any atom is -0.461 e. The summed E-state index contributed by atoms with van der Waals surface area (Å²) in [6, 6.07) is 5.26. The molecule has 1 aromatic heterocycles. The van der Waals surface area contributed by atoms with Crippen LogP contribution < -0.4 is 5.43 Å². The average molecular weight is 351 g/mol. The summed E-state index contributed by atoms with van der Waals surface area (Å²) in [4.78, 5) is 23.5. The molecule has 2 rings (SSSR count). The van der Waals surface area contributed by atoms with Crippen molar-refractivity contribution in [1.82, 2.24) is 9.78 Å². The Balaban J connectivity index is 2.59. The molecule has 0 unspecified atom stereocenters. The molecular weight excluding hydrogens is 336 g/mol. The van der Waals surface area contributed by atoms with E-state index in [1.807, 2.05) is 26.0 Å². The predicted molar refractivity (Wildman–Crippen MR) is 83.0 cm³/mol. The summed E-state index contributed by atoms with van der Waals surface area (Å²) in [6.45, 7) is 5.81. The summed E-state index contributed by atoms with van der Waals surface area (Å²) < 4.78 is 7.20. The van der Waals surface area contributed by atoms with Crippen LogP contribution >= 0.6 is 15.9 Å². The molecule has 0 saturated heterocycles. The lowest BCUT2D eigenvalue weighted by atomic mass is 10.1. The third-order valence-electron chi connectivity index (χ3n) is 2.90. The molecule has 1 aromatic carbocycles. The highest BCUT2D eigenvalue weighted by molar-refractivity contribution is 9.10. The lowest BCUT2D eigenvalue weighted by Crippen LogP contribution is -2.22. The molecule has 21 heavy (non-hydrogen) atoms. The van der Waals surface area contributed by atoms with Gasteiger partial charge in [0.2, 0.25) is 11.1 Å². The molecule has 110 valence electrons. The molecule has 5 nitrogen and oxygen atoms in total. The number of hydrogen-bond donors (Lipinski definition) is 0. The smallest absolute Gasteiger partial charge is 0.362 e. The largest absolute Gasteiger partial charge is 0.461 e. The molecule has 2 aromatic rings. The first-order chi connectivity index (χ1) is 9.93. The van der Waals surface area contributed by atoms with Gasteiger partial charge >= 0.3 is 5.97 Å². The van der Waals surface area contributed by atoms with Crippen molar-refractivity contribution in [1.29, 1.82) is 0 Å². The molecule has 0 spiro atoms. The summed E-state index contributed by atoms with van der Waals surface area (Å²) in [5.74, 6) is -0.710. The van der Waals surface area contributed by atoms with E-state index in [2.05, 4.69) is 21.0 Å². The van der Waals surface area contributed by atoms with Crippen LogP contribution in [0.5, 0.6) is 0 Å². The molecule has 0 fully saturated rings. The average Bonchev–Trinajstić information content (AvgIpc) is 2.39. The number of nitrogens with zero attached hydrogens (tertiary/aromatic N) is 2. The maximum atomic E-state index is 11.8. The van der Waals surface area contributed by atoms with Gasteiger partial charge in [-0.25, -0.2) is 9.48 Å². The molecular formula is C15H15BrN2O3. The Hall–Kier alpha value is -1.95. The normalized spacial score (nSPS) is 10.5. The number of carbonyl (C=O) groups excluding carboxylic acids is 1. The number of halogens is 1. The first kappa shape index (κ1) is 15.4. The van der Waals surface area contributed by atoms with Crippen molar-refractivity contribution < 1.29 is 9.53 Å². The summed E-state index contributed by atoms with van der Waals surface area (Å²) in [6.07, 6.45) is 1.54. The van der Waals surface area contributed by atoms with Crippen LogP contribution in [0.15, 0.2) is 33.7 Å². The molecule has 0 atom stereocenters. The first-order valence-electron chi connectivity index (χ1n) is 6.48. The Kier molecular flexibility index (Phi) is 4.57. The minimum atomic E-state index is -0.710. The van der Waals surface area contributed by atoms with Gasteiger partial charge in [0.15, 0.2) is 0 Å². The molecule has 1 heterocycles. The van der Waals surface area contributed by atoms with E-state index in [0.29, 0.717) is 0 Å². The zero-order valence-electron chi connectivity index (χ0n) is 12.0. The van der Waals surface area contributed by atoms with Gasteiger partial charge in [-0.1, -0.05) is 6.07 Å². The maximum absolute atomic E-state index is 11.8. The van der Waals surface area contributed by atoms with Crippen molar-refractivity contribution >= 4 is 21.9 Å². The number of rotatable bonds is 3. The van der Waals surface area contributed by atoms with Crippen LogP contribution in [-0.4, -0.2) is 22.4 Å². The predicted octanol–water partition coefficient (Wildman–Crippen LogP) is 2.79. The Morgan fingerprint density at radius 1 is 1.38 bits per heavy atom. The molecule has 0 N–H and O–H groups in total. The summed E-state index contributed by atoms with van der Waals surface area (Å²) in [7, 11) is 0. The van der Waals surface area contributed by atoms with E-state index in [9.17, 15) is 9.59 Å². The van der Waals surface area contributed by atoms with Crippen LogP contribution in [0.1, 0.15) is 28.5 Å². The van der Waals surface area contributed by atoms with Crippen LogP contribution in [-0.2, 0) is 4.74 Å². The Morgan fingerprint density at radius 2 is 2.10 bits per heavy atom. The zero-order valence-corrected chi connectivity index (χ0v) is 13.6. The fourth-order valence-electron chi connectivity index (χ4n) is 2.07. The highest BCUT2D eigenvalue weighted by atomic mass is 79.9. The molecule has 0 saturated carbocycles. The Labute approximate surface area is 130 Å². The highest BCUT2D eigenvalue weighted by Gasteiger charge is 2.16. The standard InChI is InChI=1S/C15H15BrN2O3/c1-4-21-15(20)13-12(19)5-6-18(17-13)14-10(3)7-9(2)8-11(14)16/h5-8H,4H2,1-3H3. The van der Waals surface area contributed by atoms with Gasteiger partial charge in [-0.2, -0.15) is 5.10 Å². The van der Waals surface area contributed by atoms with Crippen molar-refractivity contribution in [3.8, 4) is 5.69 Å². The van der Waals surface area contributed by atoms with E-state index in [4.69, 9.17) is 4.74 Å². The van der Waals surface area contributed by atoms with Crippen LogP contribution in [0.4, 0.5) is 0 Å². The van der Waals surface area contributed by atoms with Crippen molar-refractivity contribution in [2.24, 2.45) is 0 Å². The number of aryl methyl sites for hydroxylation is 2. The fourth-order valence-corrected chi connectivity index (χ4v) is 2.93. The molecule has 0 aliphatic carbocycles. The van der Waals surface area contributed by atoms with Gasteiger partial charge in [-0.15, -0.1) is 0 Å². The summed E-state index contributed by atoms with van der Waals surface area (Å²) in [5, 5.41) is 4.11. The molecule has 0 bridgehead atoms. The van der Waals surface area contributed by atoms with Gasteiger partial charge in [0.25, 0.3) is 0 Å². The van der Waals surface area contributed by atoms with Gasteiger partial charge in [-0.05, 0) is 53.9 Å². The van der Waals surface area contributed by atoms with E-state index in [1.54, 1.807) is 6.92 Å². The van der Waals surface area contributed by atoms with E-state index < -0.39 is 11.4 Å². The maximum Gasteiger partial charge on any atom is 0.362 e. The van der Waals surface area contributed by atoms with Crippen molar-refractivity contribution in [3.05, 3.63) is 55.9 Å². The second-order valence-electron chi connectivity index (χ2n) is 4.61. The summed E-state index contributed by atoms with van der Waals surface area (Å²) >= 11 is 3.49. The van der Waals surface area contributed by atoms with E-state index in [1.165, 1.54) is 16.9 Å². The number of hydrogen-bond acceptors (Lipinski definition) is 4. The minimum absolute atomic E-state index is 0.197. The number of benzene rings is 1. The van der Waals surface area contributed by atoms with Gasteiger partial charge in [-0.3, -0.25) is 4.79 Å². The van der Waals surface area contributed by atoms with Gasteiger partial charge in [0.1, 0.15) is 0 Å². The second-order valence-corrected chi connectivity index (χ2v) is 5.46. The monoisotopic (exact) mass is 350 g/mol. The highest BCUT2D eigenvalue weighted by Crippen LogP contribution is 2.25. The van der Waals surface area contributed by atoms with Crippen molar-refractivity contribution in [2.45, 2.75) is 20.8 Å². The number of ether oxygens (including phenoxy) is 1. The molecule has 0 aliphatic heterocycles. The molecule has 0 radical (unpaired) electrons. The van der Waals surface area contributed by atoms with Crippen LogP contribution in [0, 0.1) is 13.8 Å². The Morgan fingerprint density at radius 3 is 2.71 bits per heavy atom. The number of carbonyl (C=O) groups is 1. The second kappa shape index (κ2) is 6.22.